The summed E-state index contributed by atoms with van der Waals surface area (Å²) in [5.74, 6) is 0.0249. The van der Waals surface area contributed by atoms with Crippen molar-refractivity contribution < 1.29 is 4.79 Å². The number of aromatic nitrogens is 3. The van der Waals surface area contributed by atoms with Crippen molar-refractivity contribution in [2.24, 2.45) is 0 Å². The van der Waals surface area contributed by atoms with Crippen molar-refractivity contribution in [3.05, 3.63) is 48.7 Å². The van der Waals surface area contributed by atoms with Gasteiger partial charge in [-0.2, -0.15) is 0 Å². The van der Waals surface area contributed by atoms with E-state index in [9.17, 15) is 4.79 Å². The molecule has 0 atom stereocenters. The predicted molar refractivity (Wildman–Crippen MR) is 94.3 cm³/mol. The number of H-pyrrole nitrogens is 1. The molecular weight excluding hydrogens is 302 g/mol. The maximum Gasteiger partial charge on any atom is 0.291 e. The number of anilines is 2. The van der Waals surface area contributed by atoms with E-state index in [-0.39, 0.29) is 5.91 Å². The summed E-state index contributed by atoms with van der Waals surface area (Å²) in [4.78, 5) is 26.0. The summed E-state index contributed by atoms with van der Waals surface area (Å²) in [7, 11) is 0. The molecule has 6 nitrogen and oxygen atoms in total. The summed E-state index contributed by atoms with van der Waals surface area (Å²) < 4.78 is 0. The first-order chi connectivity index (χ1) is 11.8. The Morgan fingerprint density at radius 1 is 1.08 bits per heavy atom. The molecule has 6 heteroatoms. The molecule has 0 radical (unpaired) electrons. The zero-order chi connectivity index (χ0) is 16.4. The lowest BCUT2D eigenvalue weighted by molar-refractivity contribution is 0.101. The molecule has 3 heterocycles. The van der Waals surface area contributed by atoms with Crippen molar-refractivity contribution in [3.63, 3.8) is 0 Å². The van der Waals surface area contributed by atoms with Crippen molar-refractivity contribution >= 4 is 28.2 Å². The van der Waals surface area contributed by atoms with Gasteiger partial charge in [-0.25, -0.2) is 4.98 Å². The summed E-state index contributed by atoms with van der Waals surface area (Å²) in [6.07, 6.45) is 8.68. The summed E-state index contributed by atoms with van der Waals surface area (Å²) >= 11 is 0. The van der Waals surface area contributed by atoms with Crippen LogP contribution in [0.4, 0.5) is 11.4 Å². The second-order valence-corrected chi connectivity index (χ2v) is 5.97. The molecule has 4 rings (SSSR count). The maximum absolute atomic E-state index is 12.3. The highest BCUT2D eigenvalue weighted by atomic mass is 16.2. The van der Waals surface area contributed by atoms with Crippen LogP contribution in [0.15, 0.2) is 42.9 Å². The number of aromatic amines is 1. The van der Waals surface area contributed by atoms with Gasteiger partial charge in [0.2, 0.25) is 0 Å². The van der Waals surface area contributed by atoms with Gasteiger partial charge in [0.25, 0.3) is 5.91 Å². The molecule has 1 aromatic carbocycles. The topological polar surface area (TPSA) is 73.9 Å². The van der Waals surface area contributed by atoms with Crippen LogP contribution in [0.1, 0.15) is 29.9 Å². The number of carbonyl (C=O) groups is 1. The van der Waals surface area contributed by atoms with E-state index in [1.165, 1.54) is 24.9 Å². The first-order valence-electron chi connectivity index (χ1n) is 8.26. The largest absolute Gasteiger partial charge is 0.371 e. The van der Waals surface area contributed by atoms with Crippen LogP contribution in [0.5, 0.6) is 0 Å². The molecule has 3 aromatic rings. The number of hydrogen-bond donors (Lipinski definition) is 2. The number of amides is 1. The second-order valence-electron chi connectivity index (χ2n) is 5.97. The molecule has 2 aromatic heterocycles. The lowest BCUT2D eigenvalue weighted by Crippen LogP contribution is -2.29. The molecule has 0 unspecified atom stereocenters. The fraction of sp³-hybridized carbons (Fsp3) is 0.278. The van der Waals surface area contributed by atoms with Crippen LogP contribution in [0, 0.1) is 0 Å². The van der Waals surface area contributed by atoms with Gasteiger partial charge in [0.1, 0.15) is 0 Å². The van der Waals surface area contributed by atoms with Crippen LogP contribution in [0.25, 0.3) is 10.9 Å². The van der Waals surface area contributed by atoms with Gasteiger partial charge in [0.05, 0.1) is 11.2 Å². The number of nitrogens with zero attached hydrogens (tertiary/aromatic N) is 3. The zero-order valence-electron chi connectivity index (χ0n) is 13.3. The number of hydrogen-bond acceptors (Lipinski definition) is 4. The minimum Gasteiger partial charge on any atom is -0.371 e. The quantitative estimate of drug-likeness (QED) is 0.777. The number of piperidine rings is 1. The van der Waals surface area contributed by atoms with Gasteiger partial charge >= 0.3 is 0 Å². The highest BCUT2D eigenvalue weighted by Gasteiger charge is 2.17. The molecule has 1 fully saturated rings. The van der Waals surface area contributed by atoms with Crippen LogP contribution in [-0.4, -0.2) is 33.9 Å². The van der Waals surface area contributed by atoms with Crippen molar-refractivity contribution in [1.29, 1.82) is 0 Å². The van der Waals surface area contributed by atoms with E-state index in [0.29, 0.717) is 11.5 Å². The number of nitrogens with one attached hydrogen (secondary N) is 2. The van der Waals surface area contributed by atoms with Crippen molar-refractivity contribution in [2.75, 3.05) is 23.3 Å². The first-order valence-corrected chi connectivity index (χ1v) is 8.26. The van der Waals surface area contributed by atoms with E-state index in [1.54, 1.807) is 18.6 Å². The van der Waals surface area contributed by atoms with Gasteiger partial charge in [0.15, 0.2) is 5.82 Å². The molecule has 1 aliphatic heterocycles. The van der Waals surface area contributed by atoms with Gasteiger partial charge in [-0.3, -0.25) is 9.78 Å². The molecule has 0 spiro atoms. The monoisotopic (exact) mass is 321 g/mol. The number of imidazole rings is 1. The number of benzene rings is 1. The van der Waals surface area contributed by atoms with Gasteiger partial charge in [-0.15, -0.1) is 0 Å². The lowest BCUT2D eigenvalue weighted by Gasteiger charge is -2.30. The second kappa shape index (κ2) is 6.31. The number of rotatable bonds is 3. The van der Waals surface area contributed by atoms with Crippen molar-refractivity contribution in [3.8, 4) is 0 Å². The molecule has 0 bridgehead atoms. The minimum atomic E-state index is -0.266. The Hall–Kier alpha value is -2.89. The van der Waals surface area contributed by atoms with E-state index in [4.69, 9.17) is 0 Å². The first kappa shape index (κ1) is 14.7. The molecule has 1 saturated heterocycles. The maximum atomic E-state index is 12.3. The van der Waals surface area contributed by atoms with Gasteiger partial charge in [-0.1, -0.05) is 0 Å². The van der Waals surface area contributed by atoms with E-state index in [0.717, 1.165) is 24.0 Å². The fourth-order valence-electron chi connectivity index (χ4n) is 3.24. The van der Waals surface area contributed by atoms with Gasteiger partial charge < -0.3 is 15.2 Å². The van der Waals surface area contributed by atoms with Crippen LogP contribution >= 0.6 is 0 Å². The third-order valence-electron chi connectivity index (χ3n) is 4.40. The normalized spacial score (nSPS) is 14.8. The zero-order valence-corrected chi connectivity index (χ0v) is 13.3. The summed E-state index contributed by atoms with van der Waals surface area (Å²) in [5, 5.41) is 3.97. The van der Waals surface area contributed by atoms with Crippen LogP contribution in [-0.2, 0) is 0 Å². The third-order valence-corrected chi connectivity index (χ3v) is 4.40. The molecule has 0 saturated carbocycles. The van der Waals surface area contributed by atoms with Crippen molar-refractivity contribution in [2.45, 2.75) is 19.3 Å². The minimum absolute atomic E-state index is 0.266. The Labute approximate surface area is 139 Å². The average molecular weight is 321 g/mol. The van der Waals surface area contributed by atoms with Crippen LogP contribution in [0.3, 0.4) is 0 Å². The SMILES string of the molecule is O=C(Nc1ccc(N2CCCCC2)c2cccnc12)c1ncc[nH]1. The third kappa shape index (κ3) is 2.71. The number of pyridine rings is 1. The summed E-state index contributed by atoms with van der Waals surface area (Å²) in [5.41, 5.74) is 2.70. The lowest BCUT2D eigenvalue weighted by atomic mass is 10.1. The Bertz CT molecular complexity index is 853. The number of fused-ring (bicyclic) bond motifs is 1. The molecule has 122 valence electrons. The molecule has 2 N–H and O–H groups in total. The van der Waals surface area contributed by atoms with Crippen molar-refractivity contribution in [1.82, 2.24) is 15.0 Å². The Morgan fingerprint density at radius 3 is 2.75 bits per heavy atom. The number of carbonyl (C=O) groups excluding carboxylic acids is 1. The van der Waals surface area contributed by atoms with Crippen LogP contribution < -0.4 is 10.2 Å². The summed E-state index contributed by atoms with van der Waals surface area (Å²) in [6.45, 7) is 2.14. The van der Waals surface area contributed by atoms with E-state index >= 15 is 0 Å². The molecule has 1 amide bonds. The Kier molecular flexibility index (Phi) is 3.86. The highest BCUT2D eigenvalue weighted by molar-refractivity contribution is 6.08. The molecular formula is C18H19N5O. The van der Waals surface area contributed by atoms with Gasteiger partial charge in [0, 0.05) is 42.8 Å². The van der Waals surface area contributed by atoms with E-state index in [1.807, 2.05) is 12.1 Å². The smallest absolute Gasteiger partial charge is 0.291 e. The Morgan fingerprint density at radius 2 is 1.96 bits per heavy atom. The molecule has 1 aliphatic rings. The highest BCUT2D eigenvalue weighted by Crippen LogP contribution is 2.32. The van der Waals surface area contributed by atoms with E-state index in [2.05, 4.69) is 37.3 Å². The Balaban J connectivity index is 1.71. The predicted octanol–water partition coefficient (Wildman–Crippen LogP) is 3.20. The van der Waals surface area contributed by atoms with Crippen LogP contribution in [0.2, 0.25) is 0 Å². The fourth-order valence-corrected chi connectivity index (χ4v) is 3.24. The molecule has 0 aliphatic carbocycles. The van der Waals surface area contributed by atoms with E-state index < -0.39 is 0 Å². The van der Waals surface area contributed by atoms with Gasteiger partial charge in [-0.05, 0) is 43.5 Å². The molecule has 24 heavy (non-hydrogen) atoms. The average Bonchev–Trinajstić information content (AvgIpc) is 3.17. The summed E-state index contributed by atoms with van der Waals surface area (Å²) in [6, 6.07) is 8.01. The standard InChI is InChI=1S/C18H19N5O/c24-18(17-20-9-10-21-17)22-14-6-7-15(23-11-2-1-3-12-23)13-5-4-8-19-16(13)14/h4-10H,1-3,11-12H2,(H,20,21)(H,22,24).